The molecule has 30 heavy (non-hydrogen) atoms. The summed E-state index contributed by atoms with van der Waals surface area (Å²) in [5.74, 6) is -3.81. The predicted octanol–water partition coefficient (Wildman–Crippen LogP) is 2.33. The molecule has 1 amide bonds. The van der Waals surface area contributed by atoms with Crippen LogP contribution in [0.2, 0.25) is 0 Å². The van der Waals surface area contributed by atoms with Gasteiger partial charge < -0.3 is 15.3 Å². The lowest BCUT2D eigenvalue weighted by Gasteiger charge is -2.35. The zero-order chi connectivity index (χ0) is 21.6. The first-order valence-electron chi connectivity index (χ1n) is 9.46. The number of aliphatic hydroxyl groups is 1. The first kappa shape index (κ1) is 20.2. The summed E-state index contributed by atoms with van der Waals surface area (Å²) in [6.07, 6.45) is -4.25. The molecule has 158 valence electrons. The Morgan fingerprint density at radius 3 is 2.63 bits per heavy atom. The van der Waals surface area contributed by atoms with Gasteiger partial charge in [-0.2, -0.15) is 23.5 Å². The van der Waals surface area contributed by atoms with Gasteiger partial charge in [0.05, 0.1) is 11.9 Å². The van der Waals surface area contributed by atoms with E-state index in [0.717, 1.165) is 11.3 Å². The number of amides is 1. The Hall–Kier alpha value is -3.13. The van der Waals surface area contributed by atoms with Gasteiger partial charge in [0.2, 0.25) is 0 Å². The van der Waals surface area contributed by atoms with Crippen molar-refractivity contribution < 1.29 is 23.1 Å². The fraction of sp³-hybridized carbons (Fsp3) is 0.474. The number of pyridine rings is 1. The molecule has 2 aliphatic heterocycles. The minimum absolute atomic E-state index is 0.169. The van der Waals surface area contributed by atoms with Crippen molar-refractivity contribution in [1.29, 1.82) is 5.26 Å². The Bertz CT molecular complexity index is 1020. The van der Waals surface area contributed by atoms with Crippen molar-refractivity contribution >= 4 is 17.4 Å². The van der Waals surface area contributed by atoms with E-state index in [0.29, 0.717) is 37.3 Å². The zero-order valence-electron chi connectivity index (χ0n) is 16.0. The highest BCUT2D eigenvalue weighted by Gasteiger charge is 2.53. The number of fused-ring (bicyclic) bond motifs is 1. The number of alkyl halides is 3. The Labute approximate surface area is 169 Å². The highest BCUT2D eigenvalue weighted by atomic mass is 19.4. The highest BCUT2D eigenvalue weighted by Crippen LogP contribution is 2.47. The smallest absolute Gasteiger partial charge is 0.382 e. The predicted molar refractivity (Wildman–Crippen MR) is 99.9 cm³/mol. The first-order chi connectivity index (χ1) is 14.2. The number of nitrogens with zero attached hydrogens (tertiary/aromatic N) is 4. The maximum Gasteiger partial charge on any atom is 0.398 e. The second-order valence-corrected chi connectivity index (χ2v) is 7.59. The van der Waals surface area contributed by atoms with Crippen LogP contribution in [0.4, 0.5) is 24.7 Å². The van der Waals surface area contributed by atoms with E-state index < -0.39 is 24.1 Å². The van der Waals surface area contributed by atoms with Crippen LogP contribution < -0.4 is 10.2 Å². The third kappa shape index (κ3) is 3.37. The number of hydrogen-bond acceptors (Lipinski definition) is 6. The van der Waals surface area contributed by atoms with E-state index in [2.05, 4.69) is 25.4 Å². The van der Waals surface area contributed by atoms with E-state index in [1.165, 1.54) is 0 Å². The van der Waals surface area contributed by atoms with Gasteiger partial charge in [0.15, 0.2) is 5.82 Å². The second-order valence-electron chi connectivity index (χ2n) is 7.59. The molecule has 1 fully saturated rings. The summed E-state index contributed by atoms with van der Waals surface area (Å²) in [6.45, 7) is 2.96. The van der Waals surface area contributed by atoms with Gasteiger partial charge in [-0.15, -0.1) is 0 Å². The number of aromatic nitrogens is 3. The number of rotatable bonds is 2. The van der Waals surface area contributed by atoms with Crippen molar-refractivity contribution in [3.63, 3.8) is 0 Å². The van der Waals surface area contributed by atoms with Crippen molar-refractivity contribution in [3.05, 3.63) is 34.8 Å². The molecule has 11 heteroatoms. The number of carbonyl (C=O) groups excluding carboxylic acids is 1. The molecule has 0 bridgehead atoms. The molecule has 0 radical (unpaired) electrons. The molecule has 0 saturated carbocycles. The van der Waals surface area contributed by atoms with Crippen molar-refractivity contribution in [2.75, 3.05) is 23.3 Å². The van der Waals surface area contributed by atoms with E-state index in [4.69, 9.17) is 5.26 Å². The molecule has 2 atom stereocenters. The summed E-state index contributed by atoms with van der Waals surface area (Å²) in [5.41, 5.74) is 2.10. The number of H-pyrrole nitrogens is 1. The van der Waals surface area contributed by atoms with Crippen LogP contribution in [-0.2, 0) is 4.79 Å². The third-order valence-corrected chi connectivity index (χ3v) is 5.76. The maximum absolute atomic E-state index is 13.6. The normalized spacial score (nSPS) is 22.4. The lowest BCUT2D eigenvalue weighted by Crippen LogP contribution is -2.44. The van der Waals surface area contributed by atoms with E-state index in [-0.39, 0.29) is 17.3 Å². The number of aryl methyl sites for hydroxylation is 1. The molecule has 4 heterocycles. The molecule has 0 aliphatic carbocycles. The topological polar surface area (TPSA) is 118 Å². The van der Waals surface area contributed by atoms with E-state index in [1.807, 2.05) is 12.1 Å². The minimum Gasteiger partial charge on any atom is -0.382 e. The Morgan fingerprint density at radius 1 is 1.33 bits per heavy atom. The van der Waals surface area contributed by atoms with Gasteiger partial charge in [0.1, 0.15) is 23.8 Å². The van der Waals surface area contributed by atoms with Crippen molar-refractivity contribution in [2.45, 2.75) is 43.9 Å². The van der Waals surface area contributed by atoms with E-state index >= 15 is 0 Å². The number of aromatic amines is 1. The fourth-order valence-corrected chi connectivity index (χ4v) is 4.20. The molecule has 8 nitrogen and oxygen atoms in total. The molecular weight excluding hydrogens is 401 g/mol. The van der Waals surface area contributed by atoms with E-state index in [1.54, 1.807) is 13.1 Å². The van der Waals surface area contributed by atoms with Crippen molar-refractivity contribution in [1.82, 2.24) is 15.2 Å². The summed E-state index contributed by atoms with van der Waals surface area (Å²) >= 11 is 0. The van der Waals surface area contributed by atoms with Gasteiger partial charge in [0.25, 0.3) is 5.91 Å². The van der Waals surface area contributed by atoms with Crippen LogP contribution in [0, 0.1) is 18.3 Å². The standard InChI is InChI=1S/C19H19F3N6O2/c1-9-6-11(8-24-12(9)7-23)28-4-2-10(3-5-28)15-13-14(19(20,21)22)16(29)18(30)25-17(13)27-26-15/h6,8,10,14,16,29H,2-5H2,1H3,(H2,25,26,27,30)/t14-,16-/m1/s1. The summed E-state index contributed by atoms with van der Waals surface area (Å²) < 4.78 is 40.9. The van der Waals surface area contributed by atoms with Crippen molar-refractivity contribution in [2.24, 2.45) is 0 Å². The zero-order valence-corrected chi connectivity index (χ0v) is 16.0. The number of hydrogen-bond donors (Lipinski definition) is 3. The number of halogens is 3. The largest absolute Gasteiger partial charge is 0.398 e. The molecule has 2 aliphatic rings. The molecule has 2 aromatic rings. The van der Waals surface area contributed by atoms with Crippen LogP contribution in [0.5, 0.6) is 0 Å². The van der Waals surface area contributed by atoms with Crippen LogP contribution in [0.25, 0.3) is 0 Å². The lowest BCUT2D eigenvalue weighted by molar-refractivity contribution is -0.177. The third-order valence-electron chi connectivity index (χ3n) is 5.76. The summed E-state index contributed by atoms with van der Waals surface area (Å²) in [5, 5.41) is 27.7. The molecule has 4 rings (SSSR count). The molecule has 2 aromatic heterocycles. The highest BCUT2D eigenvalue weighted by molar-refractivity contribution is 5.97. The molecular formula is C19H19F3N6O2. The number of nitrogens with one attached hydrogen (secondary N) is 2. The van der Waals surface area contributed by atoms with Gasteiger partial charge in [-0.05, 0) is 31.4 Å². The van der Waals surface area contributed by atoms with Gasteiger partial charge in [0, 0.05) is 30.3 Å². The van der Waals surface area contributed by atoms with Gasteiger partial charge in [-0.25, -0.2) is 4.98 Å². The molecule has 3 N–H and O–H groups in total. The van der Waals surface area contributed by atoms with Gasteiger partial charge in [-0.1, -0.05) is 0 Å². The molecule has 0 aromatic carbocycles. The fourth-order valence-electron chi connectivity index (χ4n) is 4.20. The van der Waals surface area contributed by atoms with Crippen LogP contribution in [0.3, 0.4) is 0 Å². The first-order valence-corrected chi connectivity index (χ1v) is 9.46. The minimum atomic E-state index is -4.78. The number of nitriles is 1. The summed E-state index contributed by atoms with van der Waals surface area (Å²) in [4.78, 5) is 17.9. The summed E-state index contributed by atoms with van der Waals surface area (Å²) in [7, 11) is 0. The van der Waals surface area contributed by atoms with Crippen LogP contribution in [-0.4, -0.2) is 51.6 Å². The maximum atomic E-state index is 13.6. The Balaban J connectivity index is 1.56. The number of anilines is 2. The Morgan fingerprint density at radius 2 is 2.03 bits per heavy atom. The molecule has 1 saturated heterocycles. The Kier molecular flexibility index (Phi) is 4.89. The molecule has 0 spiro atoms. The number of aliphatic hydroxyl groups excluding tert-OH is 1. The van der Waals surface area contributed by atoms with Crippen LogP contribution >= 0.6 is 0 Å². The SMILES string of the molecule is Cc1cc(N2CCC(c3[nH]nc4c3[C@@H](C(F)(F)F)[C@@H](O)C(=O)N4)CC2)cnc1C#N. The van der Waals surface area contributed by atoms with Gasteiger partial charge in [-0.3, -0.25) is 9.89 Å². The van der Waals surface area contributed by atoms with Crippen molar-refractivity contribution in [3.8, 4) is 6.07 Å². The van der Waals surface area contributed by atoms with Crippen LogP contribution in [0.15, 0.2) is 12.3 Å². The van der Waals surface area contributed by atoms with Gasteiger partial charge >= 0.3 is 6.18 Å². The second kappa shape index (κ2) is 7.28. The van der Waals surface area contributed by atoms with Crippen LogP contribution in [0.1, 0.15) is 47.2 Å². The lowest BCUT2D eigenvalue weighted by atomic mass is 9.83. The quantitative estimate of drug-likeness (QED) is 0.686. The monoisotopic (exact) mass is 420 g/mol. The average molecular weight is 420 g/mol. The average Bonchev–Trinajstić information content (AvgIpc) is 3.10. The van der Waals surface area contributed by atoms with E-state index in [9.17, 15) is 23.1 Å². The number of piperidine rings is 1. The molecule has 0 unspecified atom stereocenters. The number of carbonyl (C=O) groups is 1. The summed E-state index contributed by atoms with van der Waals surface area (Å²) in [6, 6.07) is 3.89.